The van der Waals surface area contributed by atoms with Gasteiger partial charge in [-0.15, -0.1) is 0 Å². The van der Waals surface area contributed by atoms with Crippen LogP contribution in [-0.4, -0.2) is 88.2 Å². The van der Waals surface area contributed by atoms with Crippen molar-refractivity contribution in [2.24, 2.45) is 5.41 Å². The number of nitrogens with zero attached hydrogens (tertiary/aromatic N) is 6. The molecule has 2 atom stereocenters. The predicted octanol–water partition coefficient (Wildman–Crippen LogP) is 5.22. The zero-order valence-corrected chi connectivity index (χ0v) is 25.1. The van der Waals surface area contributed by atoms with E-state index in [0.29, 0.717) is 30.2 Å². The second-order valence-electron chi connectivity index (χ2n) is 12.8. The maximum Gasteiger partial charge on any atom is 0.246 e. The number of amides is 1. The van der Waals surface area contributed by atoms with Crippen LogP contribution in [0.1, 0.15) is 33.1 Å². The molecule has 3 saturated heterocycles. The van der Waals surface area contributed by atoms with Gasteiger partial charge in [0.15, 0.2) is 5.82 Å². The van der Waals surface area contributed by atoms with Crippen LogP contribution in [0.2, 0.25) is 5.02 Å². The molecule has 1 aromatic heterocycles. The number of phenols is 1. The quantitative estimate of drug-likeness (QED) is 0.398. The molecular formula is C32H35ClF2N6O2. The molecular weight excluding hydrogens is 574 g/mol. The van der Waals surface area contributed by atoms with E-state index in [0.717, 1.165) is 44.7 Å². The van der Waals surface area contributed by atoms with Gasteiger partial charge in [0.1, 0.15) is 22.9 Å². The number of carbonyl (C=O) groups excluding carboxylic acids is 1. The third kappa shape index (κ3) is 4.70. The van der Waals surface area contributed by atoms with E-state index in [4.69, 9.17) is 21.6 Å². The highest BCUT2D eigenvalue weighted by molar-refractivity contribution is 6.34. The maximum atomic E-state index is 16.6. The molecule has 4 aliphatic rings. The molecule has 3 aromatic rings. The van der Waals surface area contributed by atoms with Crippen molar-refractivity contribution in [3.05, 3.63) is 53.6 Å². The number of anilines is 2. The molecule has 8 nitrogen and oxygen atoms in total. The Labute approximate surface area is 254 Å². The topological polar surface area (TPSA) is 76.0 Å². The molecule has 7 rings (SSSR count). The standard InChI is InChI=1S/C32H35ClF2N6O2/c1-4-25(43)40-13-19(3)41(14-18(40)2)30-21-12-22(33)26(27-23(34)6-5-7-24(27)42)28(35)29(21)36-31(37-30)39-16-32(17-39)10-11-38(15-32)20-8-9-20/h4-7,12,18-20,42H,1,8-11,13-17H2,2-3H3/t18-,19+/m1/s1. The van der Waals surface area contributed by atoms with E-state index in [1.807, 2.05) is 13.8 Å². The Morgan fingerprint density at radius 3 is 2.58 bits per heavy atom. The lowest BCUT2D eigenvalue weighted by Gasteiger charge is -2.49. The second-order valence-corrected chi connectivity index (χ2v) is 13.2. The number of piperazine rings is 1. The Morgan fingerprint density at radius 2 is 1.88 bits per heavy atom. The maximum absolute atomic E-state index is 16.6. The van der Waals surface area contributed by atoms with E-state index in [1.54, 1.807) is 11.0 Å². The SMILES string of the molecule is C=CC(=O)N1C[C@H](C)N(c2nc(N3CC4(CCN(C5CC5)C4)C3)nc3c(F)c(-c4c(O)cccc4F)c(Cl)cc23)C[C@H]1C. The van der Waals surface area contributed by atoms with Crippen molar-refractivity contribution < 1.29 is 18.7 Å². The number of hydrogen-bond donors (Lipinski definition) is 1. The number of carbonyl (C=O) groups is 1. The summed E-state index contributed by atoms with van der Waals surface area (Å²) in [6.07, 6.45) is 5.00. The van der Waals surface area contributed by atoms with Crippen LogP contribution in [0.15, 0.2) is 36.9 Å². The van der Waals surface area contributed by atoms with Gasteiger partial charge in [-0.3, -0.25) is 9.69 Å². The van der Waals surface area contributed by atoms with Crippen molar-refractivity contribution in [3.8, 4) is 16.9 Å². The number of aromatic nitrogens is 2. The fourth-order valence-electron chi connectivity index (χ4n) is 7.25. The van der Waals surface area contributed by atoms with E-state index < -0.39 is 17.4 Å². The lowest BCUT2D eigenvalue weighted by atomic mass is 9.79. The predicted molar refractivity (Wildman–Crippen MR) is 164 cm³/mol. The lowest BCUT2D eigenvalue weighted by Crippen LogP contribution is -2.59. The molecule has 0 radical (unpaired) electrons. The van der Waals surface area contributed by atoms with Gasteiger partial charge in [-0.05, 0) is 63.9 Å². The first-order valence-electron chi connectivity index (χ1n) is 15.0. The Kier molecular flexibility index (Phi) is 6.77. The number of benzene rings is 2. The number of rotatable bonds is 5. The summed E-state index contributed by atoms with van der Waals surface area (Å²) < 4.78 is 31.5. The molecule has 0 unspecified atom stereocenters. The van der Waals surface area contributed by atoms with Crippen LogP contribution in [0.4, 0.5) is 20.5 Å². The number of phenolic OH excluding ortho intramolecular Hbond substituents is 1. The third-order valence-corrected chi connectivity index (χ3v) is 9.97. The summed E-state index contributed by atoms with van der Waals surface area (Å²) in [4.78, 5) is 30.8. The average molecular weight is 609 g/mol. The van der Waals surface area contributed by atoms with Crippen molar-refractivity contribution in [3.63, 3.8) is 0 Å². The van der Waals surface area contributed by atoms with Crippen LogP contribution in [0.5, 0.6) is 5.75 Å². The van der Waals surface area contributed by atoms with Crippen LogP contribution < -0.4 is 9.80 Å². The highest BCUT2D eigenvalue weighted by Gasteiger charge is 2.51. The Hall–Kier alpha value is -3.50. The second kappa shape index (κ2) is 10.3. The average Bonchev–Trinajstić information content (AvgIpc) is 3.71. The third-order valence-electron chi connectivity index (χ3n) is 9.67. The fourth-order valence-corrected chi connectivity index (χ4v) is 7.53. The molecule has 4 fully saturated rings. The Bertz CT molecular complexity index is 1620. The van der Waals surface area contributed by atoms with Crippen molar-refractivity contribution in [2.45, 2.75) is 51.2 Å². The first kappa shape index (κ1) is 28.3. The molecule has 11 heteroatoms. The number of halogens is 3. The van der Waals surface area contributed by atoms with E-state index in [-0.39, 0.29) is 45.1 Å². The highest BCUT2D eigenvalue weighted by atomic mass is 35.5. The van der Waals surface area contributed by atoms with Gasteiger partial charge in [-0.25, -0.2) is 13.8 Å². The minimum atomic E-state index is -0.815. The minimum Gasteiger partial charge on any atom is -0.507 e. The molecule has 1 N–H and O–H groups in total. The molecule has 1 spiro atoms. The van der Waals surface area contributed by atoms with Crippen LogP contribution in [0.25, 0.3) is 22.0 Å². The highest BCUT2D eigenvalue weighted by Crippen LogP contribution is 2.47. The molecule has 226 valence electrons. The van der Waals surface area contributed by atoms with Gasteiger partial charge < -0.3 is 19.8 Å². The summed E-state index contributed by atoms with van der Waals surface area (Å²) in [5.74, 6) is -1.23. The fraction of sp³-hybridized carbons (Fsp3) is 0.469. The number of aromatic hydroxyl groups is 1. The zero-order valence-electron chi connectivity index (χ0n) is 24.4. The van der Waals surface area contributed by atoms with Crippen LogP contribution in [0, 0.1) is 17.0 Å². The van der Waals surface area contributed by atoms with Gasteiger partial charge in [0.2, 0.25) is 11.9 Å². The van der Waals surface area contributed by atoms with Gasteiger partial charge in [0, 0.05) is 67.2 Å². The van der Waals surface area contributed by atoms with Gasteiger partial charge >= 0.3 is 0 Å². The van der Waals surface area contributed by atoms with Crippen molar-refractivity contribution in [1.82, 2.24) is 19.8 Å². The van der Waals surface area contributed by atoms with E-state index in [2.05, 4.69) is 21.3 Å². The number of hydrogen-bond acceptors (Lipinski definition) is 7. The normalized spacial score (nSPS) is 23.7. The minimum absolute atomic E-state index is 0.0125. The molecule has 3 aliphatic heterocycles. The molecule has 4 heterocycles. The molecule has 1 amide bonds. The van der Waals surface area contributed by atoms with Gasteiger partial charge in [-0.1, -0.05) is 24.2 Å². The van der Waals surface area contributed by atoms with E-state index >= 15 is 4.39 Å². The number of fused-ring (bicyclic) bond motifs is 1. The molecule has 1 aliphatic carbocycles. The van der Waals surface area contributed by atoms with Crippen molar-refractivity contribution >= 4 is 40.2 Å². The van der Waals surface area contributed by atoms with Crippen LogP contribution >= 0.6 is 11.6 Å². The van der Waals surface area contributed by atoms with Gasteiger partial charge in [0.05, 0.1) is 10.6 Å². The van der Waals surface area contributed by atoms with E-state index in [1.165, 1.54) is 31.1 Å². The summed E-state index contributed by atoms with van der Waals surface area (Å²) in [5, 5.41) is 10.8. The van der Waals surface area contributed by atoms with Gasteiger partial charge in [-0.2, -0.15) is 4.98 Å². The molecule has 43 heavy (non-hydrogen) atoms. The molecule has 1 saturated carbocycles. The summed E-state index contributed by atoms with van der Waals surface area (Å²) >= 11 is 6.64. The van der Waals surface area contributed by atoms with E-state index in [9.17, 15) is 14.3 Å². The summed E-state index contributed by atoms with van der Waals surface area (Å²) in [6.45, 7) is 12.2. The first-order chi connectivity index (χ1) is 20.6. The lowest BCUT2D eigenvalue weighted by molar-refractivity contribution is -0.128. The molecule has 2 aromatic carbocycles. The summed E-state index contributed by atoms with van der Waals surface area (Å²) in [5.41, 5.74) is -0.346. The Balaban J connectivity index is 1.33. The van der Waals surface area contributed by atoms with Crippen LogP contribution in [-0.2, 0) is 4.79 Å². The summed E-state index contributed by atoms with van der Waals surface area (Å²) in [7, 11) is 0. The smallest absolute Gasteiger partial charge is 0.246 e. The monoisotopic (exact) mass is 608 g/mol. The zero-order chi connectivity index (χ0) is 30.2. The van der Waals surface area contributed by atoms with Crippen molar-refractivity contribution in [2.75, 3.05) is 49.1 Å². The van der Waals surface area contributed by atoms with Gasteiger partial charge in [0.25, 0.3) is 0 Å². The van der Waals surface area contributed by atoms with Crippen LogP contribution in [0.3, 0.4) is 0 Å². The first-order valence-corrected chi connectivity index (χ1v) is 15.3. The van der Waals surface area contributed by atoms with Crippen molar-refractivity contribution in [1.29, 1.82) is 0 Å². The Morgan fingerprint density at radius 1 is 1.12 bits per heavy atom. The largest absolute Gasteiger partial charge is 0.507 e. The molecule has 0 bridgehead atoms. The summed E-state index contributed by atoms with van der Waals surface area (Å²) in [6, 6.07) is 5.79. The number of likely N-dealkylation sites (tertiary alicyclic amines) is 1.